The van der Waals surface area contributed by atoms with Crippen LogP contribution in [0.5, 0.6) is 0 Å². The number of nitrogens with two attached hydrogens (primary N) is 1. The van der Waals surface area contributed by atoms with Crippen molar-refractivity contribution in [3.05, 3.63) is 29.1 Å². The molecule has 2 saturated heterocycles. The summed E-state index contributed by atoms with van der Waals surface area (Å²) in [4.78, 5) is 16.2. The van der Waals surface area contributed by atoms with E-state index in [1.807, 2.05) is 12.2 Å². The molecule has 26 heavy (non-hydrogen) atoms. The highest BCUT2D eigenvalue weighted by molar-refractivity contribution is 7.89. The van der Waals surface area contributed by atoms with E-state index in [0.717, 1.165) is 49.0 Å². The van der Waals surface area contributed by atoms with Crippen molar-refractivity contribution in [3.8, 4) is 0 Å². The largest absolute Gasteiger partial charge is 0.381 e. The van der Waals surface area contributed by atoms with Crippen LogP contribution in [0.15, 0.2) is 12.3 Å². The number of primary amides is 1. The van der Waals surface area contributed by atoms with Crippen molar-refractivity contribution in [1.29, 1.82) is 0 Å². The lowest BCUT2D eigenvalue weighted by atomic mass is 9.98. The minimum atomic E-state index is -3.17. The van der Waals surface area contributed by atoms with Gasteiger partial charge in [0.25, 0.3) is 5.91 Å². The van der Waals surface area contributed by atoms with Crippen LogP contribution >= 0.6 is 0 Å². The maximum Gasteiger partial charge on any atom is 0.252 e. The Bertz CT molecular complexity index is 867. The third-order valence-corrected chi connectivity index (χ3v) is 7.73. The lowest BCUT2D eigenvalue weighted by molar-refractivity contribution is 0.100. The van der Waals surface area contributed by atoms with E-state index in [1.165, 1.54) is 0 Å². The van der Waals surface area contributed by atoms with E-state index in [9.17, 15) is 13.2 Å². The predicted molar refractivity (Wildman–Crippen MR) is 100 cm³/mol. The number of fused-ring (bicyclic) bond motifs is 3. The average Bonchev–Trinajstić information content (AvgIpc) is 3.18. The number of piperidine rings is 1. The van der Waals surface area contributed by atoms with E-state index in [2.05, 4.69) is 10.3 Å². The highest BCUT2D eigenvalue weighted by atomic mass is 32.2. The van der Waals surface area contributed by atoms with Crippen molar-refractivity contribution >= 4 is 27.7 Å². The smallest absolute Gasteiger partial charge is 0.252 e. The van der Waals surface area contributed by atoms with Crippen molar-refractivity contribution in [2.75, 3.05) is 11.1 Å². The second-order valence-corrected chi connectivity index (χ2v) is 9.47. The van der Waals surface area contributed by atoms with Crippen LogP contribution in [-0.4, -0.2) is 47.5 Å². The van der Waals surface area contributed by atoms with Crippen LogP contribution in [0.4, 0.5) is 5.69 Å². The first-order valence-corrected chi connectivity index (χ1v) is 10.8. The molecule has 1 aromatic heterocycles. The van der Waals surface area contributed by atoms with Gasteiger partial charge in [0.1, 0.15) is 0 Å². The van der Waals surface area contributed by atoms with Crippen molar-refractivity contribution < 1.29 is 13.2 Å². The number of hydrogen-bond acceptors (Lipinski definition) is 5. The molecule has 2 aliphatic heterocycles. The summed E-state index contributed by atoms with van der Waals surface area (Å²) >= 11 is 0. The molecular weight excluding hydrogens is 352 g/mol. The third-order valence-electron chi connectivity index (χ3n) is 5.76. The molecular formula is C18H24N4O3S. The Kier molecular flexibility index (Phi) is 4.27. The number of sulfonamides is 1. The van der Waals surface area contributed by atoms with Gasteiger partial charge in [0.15, 0.2) is 0 Å². The Morgan fingerprint density at radius 2 is 2.04 bits per heavy atom. The van der Waals surface area contributed by atoms with E-state index in [1.54, 1.807) is 17.4 Å². The molecule has 1 aliphatic carbocycles. The van der Waals surface area contributed by atoms with Gasteiger partial charge in [-0.2, -0.15) is 4.31 Å². The van der Waals surface area contributed by atoms with Gasteiger partial charge < -0.3 is 11.1 Å². The SMILES string of the molecule is CCS(=O)(=O)N1[C@H]2CC[C@H]1CC(Nc1c(C(N)=O)cnc3c1C=CC3)C2. The first-order valence-electron chi connectivity index (χ1n) is 9.16. The topological polar surface area (TPSA) is 105 Å². The number of aromatic nitrogens is 1. The van der Waals surface area contributed by atoms with Crippen LogP contribution in [0.3, 0.4) is 0 Å². The molecule has 0 spiro atoms. The van der Waals surface area contributed by atoms with E-state index in [0.29, 0.717) is 5.56 Å². The molecule has 0 unspecified atom stereocenters. The van der Waals surface area contributed by atoms with Gasteiger partial charge in [-0.25, -0.2) is 8.42 Å². The zero-order valence-corrected chi connectivity index (χ0v) is 15.6. The number of anilines is 1. The lowest BCUT2D eigenvalue weighted by Crippen LogP contribution is -2.50. The fourth-order valence-corrected chi connectivity index (χ4v) is 6.19. The molecule has 0 saturated carbocycles. The van der Waals surface area contributed by atoms with Crippen LogP contribution in [-0.2, 0) is 16.4 Å². The van der Waals surface area contributed by atoms with Crippen LogP contribution in [0.1, 0.15) is 54.2 Å². The number of hydrogen-bond donors (Lipinski definition) is 2. The summed E-state index contributed by atoms with van der Waals surface area (Å²) in [7, 11) is -3.17. The average molecular weight is 376 g/mol. The van der Waals surface area contributed by atoms with Gasteiger partial charge in [-0.1, -0.05) is 12.2 Å². The second-order valence-electron chi connectivity index (χ2n) is 7.31. The van der Waals surface area contributed by atoms with E-state index in [-0.39, 0.29) is 23.9 Å². The Morgan fingerprint density at radius 1 is 1.35 bits per heavy atom. The van der Waals surface area contributed by atoms with Crippen molar-refractivity contribution in [1.82, 2.24) is 9.29 Å². The van der Waals surface area contributed by atoms with Crippen LogP contribution in [0.25, 0.3) is 6.08 Å². The van der Waals surface area contributed by atoms with Crippen LogP contribution < -0.4 is 11.1 Å². The molecule has 1 amide bonds. The molecule has 7 nitrogen and oxygen atoms in total. The van der Waals surface area contributed by atoms with Crippen LogP contribution in [0.2, 0.25) is 0 Å². The predicted octanol–water partition coefficient (Wildman–Crippen LogP) is 1.51. The number of amides is 1. The number of pyridine rings is 1. The van der Waals surface area contributed by atoms with Crippen molar-refractivity contribution in [2.45, 2.75) is 57.2 Å². The minimum absolute atomic E-state index is 0.0404. The van der Waals surface area contributed by atoms with Gasteiger partial charge in [-0.15, -0.1) is 0 Å². The molecule has 140 valence electrons. The van der Waals surface area contributed by atoms with Gasteiger partial charge in [0.2, 0.25) is 10.0 Å². The zero-order chi connectivity index (χ0) is 18.5. The standard InChI is InChI=1S/C18H24N4O3S/c1-2-26(24,25)22-12-6-7-13(22)9-11(8-12)21-17-14-4-3-5-16(14)20-10-15(17)18(19)23/h3-4,10-13H,2,5-9H2,1H3,(H2,19,23)(H,20,21)/t12-,13-/m0/s1. The number of carbonyl (C=O) groups excluding carboxylic acids is 1. The Hall–Kier alpha value is -1.93. The Morgan fingerprint density at radius 3 is 2.65 bits per heavy atom. The fourth-order valence-electron chi connectivity index (χ4n) is 4.60. The minimum Gasteiger partial charge on any atom is -0.381 e. The maximum atomic E-state index is 12.4. The van der Waals surface area contributed by atoms with Gasteiger partial charge in [0.05, 0.1) is 22.7 Å². The summed E-state index contributed by atoms with van der Waals surface area (Å²) in [6.07, 6.45) is 9.58. The summed E-state index contributed by atoms with van der Waals surface area (Å²) < 4.78 is 26.5. The van der Waals surface area contributed by atoms with E-state index < -0.39 is 15.9 Å². The summed E-state index contributed by atoms with van der Waals surface area (Å²) in [5.41, 5.74) is 8.55. The number of rotatable bonds is 5. The molecule has 1 aromatic rings. The fraction of sp³-hybridized carbons (Fsp3) is 0.556. The zero-order valence-electron chi connectivity index (χ0n) is 14.8. The molecule has 3 aliphatic rings. The third kappa shape index (κ3) is 2.81. The number of nitrogens with zero attached hydrogens (tertiary/aromatic N) is 2. The van der Waals surface area contributed by atoms with Gasteiger partial charge >= 0.3 is 0 Å². The molecule has 3 N–H and O–H groups in total. The molecule has 2 fully saturated rings. The molecule has 0 radical (unpaired) electrons. The summed E-state index contributed by atoms with van der Waals surface area (Å²) in [5, 5.41) is 3.51. The molecule has 2 atom stereocenters. The first kappa shape index (κ1) is 17.5. The highest BCUT2D eigenvalue weighted by Gasteiger charge is 2.46. The van der Waals surface area contributed by atoms with E-state index in [4.69, 9.17) is 5.73 Å². The van der Waals surface area contributed by atoms with E-state index >= 15 is 0 Å². The normalized spacial score (nSPS) is 27.5. The van der Waals surface area contributed by atoms with Crippen LogP contribution in [0, 0.1) is 0 Å². The number of nitrogens with one attached hydrogen (secondary N) is 1. The van der Waals surface area contributed by atoms with Gasteiger partial charge in [-0.05, 0) is 32.6 Å². The van der Waals surface area contributed by atoms with Crippen molar-refractivity contribution in [2.24, 2.45) is 5.73 Å². The number of carbonyl (C=O) groups is 1. The first-order chi connectivity index (χ1) is 12.4. The van der Waals surface area contributed by atoms with Gasteiger partial charge in [0, 0.05) is 36.3 Å². The molecule has 4 rings (SSSR count). The molecule has 0 aromatic carbocycles. The molecule has 8 heteroatoms. The quantitative estimate of drug-likeness (QED) is 0.810. The Balaban J connectivity index is 1.60. The highest BCUT2D eigenvalue weighted by Crippen LogP contribution is 2.40. The summed E-state index contributed by atoms with van der Waals surface area (Å²) in [6.45, 7) is 1.70. The monoisotopic (exact) mass is 376 g/mol. The Labute approximate surface area is 153 Å². The molecule has 3 heterocycles. The second kappa shape index (κ2) is 6.35. The number of allylic oxidation sites excluding steroid dienone is 1. The lowest BCUT2D eigenvalue weighted by Gasteiger charge is -2.38. The maximum absolute atomic E-state index is 12.4. The van der Waals surface area contributed by atoms with Crippen molar-refractivity contribution in [3.63, 3.8) is 0 Å². The van der Waals surface area contributed by atoms with Gasteiger partial charge in [-0.3, -0.25) is 9.78 Å². The summed E-state index contributed by atoms with van der Waals surface area (Å²) in [6, 6.07) is 0.201. The molecule has 2 bridgehead atoms. The summed E-state index contributed by atoms with van der Waals surface area (Å²) in [5.74, 6) is -0.357.